The number of hydrogen-bond acceptors (Lipinski definition) is 8. The minimum atomic E-state index is -0.634. The molecule has 0 unspecified atom stereocenters. The third-order valence-electron chi connectivity index (χ3n) is 3.58. The summed E-state index contributed by atoms with van der Waals surface area (Å²) in [6.45, 7) is 1.34. The number of hydrogen-bond donors (Lipinski definition) is 2. The lowest BCUT2D eigenvalue weighted by Gasteiger charge is -2.07. The fourth-order valence-electron chi connectivity index (χ4n) is 2.29. The number of amides is 2. The van der Waals surface area contributed by atoms with Crippen LogP contribution in [0.25, 0.3) is 10.6 Å². The van der Waals surface area contributed by atoms with E-state index in [-0.39, 0.29) is 12.8 Å². The molecule has 0 aliphatic rings. The first kappa shape index (κ1) is 20.6. The summed E-state index contributed by atoms with van der Waals surface area (Å²) in [6.07, 6.45) is 0.0263. The first-order valence-corrected chi connectivity index (χ1v) is 10.4. The summed E-state index contributed by atoms with van der Waals surface area (Å²) in [5.41, 5.74) is 6.85. The smallest absolute Gasteiger partial charge is 0.312 e. The lowest BCUT2D eigenvalue weighted by molar-refractivity contribution is -0.148. The topological polar surface area (TPSA) is 110 Å². The number of aryl methyl sites for hydroxylation is 1. The van der Waals surface area contributed by atoms with Gasteiger partial charge in [-0.25, -0.2) is 9.97 Å². The van der Waals surface area contributed by atoms with Gasteiger partial charge >= 0.3 is 5.97 Å². The molecule has 2 N–H and O–H groups in total. The van der Waals surface area contributed by atoms with Gasteiger partial charge in [0.15, 0.2) is 6.61 Å². The molecule has 150 valence electrons. The molecule has 8 nitrogen and oxygen atoms in total. The van der Waals surface area contributed by atoms with Gasteiger partial charge in [0.25, 0.3) is 5.91 Å². The van der Waals surface area contributed by atoms with Crippen molar-refractivity contribution in [2.75, 3.05) is 6.61 Å². The number of aromatic nitrogens is 2. The molecule has 0 spiro atoms. The molecule has 0 aliphatic heterocycles. The molecule has 3 rings (SSSR count). The van der Waals surface area contributed by atoms with Crippen molar-refractivity contribution in [1.82, 2.24) is 20.8 Å². The average Bonchev–Trinajstić information content (AvgIpc) is 3.34. The fraction of sp³-hybridized carbons (Fsp3) is 0.211. The van der Waals surface area contributed by atoms with Gasteiger partial charge in [-0.1, -0.05) is 30.3 Å². The summed E-state index contributed by atoms with van der Waals surface area (Å²) < 4.78 is 4.93. The van der Waals surface area contributed by atoms with Crippen molar-refractivity contribution >= 4 is 40.5 Å². The summed E-state index contributed by atoms with van der Waals surface area (Å²) in [6, 6.07) is 9.63. The molecule has 0 bridgehead atoms. The molecule has 0 atom stereocenters. The van der Waals surface area contributed by atoms with Crippen LogP contribution in [0.3, 0.4) is 0 Å². The maximum absolute atomic E-state index is 11.9. The lowest BCUT2D eigenvalue weighted by atomic mass is 10.2. The zero-order valence-electron chi connectivity index (χ0n) is 15.5. The van der Waals surface area contributed by atoms with Crippen LogP contribution >= 0.6 is 22.7 Å². The second kappa shape index (κ2) is 9.89. The van der Waals surface area contributed by atoms with Gasteiger partial charge in [-0.05, 0) is 6.92 Å². The van der Waals surface area contributed by atoms with E-state index in [4.69, 9.17) is 4.74 Å². The zero-order valence-corrected chi connectivity index (χ0v) is 17.1. The number of benzene rings is 1. The number of nitrogens with zero attached hydrogens (tertiary/aromatic N) is 2. The molecule has 2 amide bonds. The van der Waals surface area contributed by atoms with E-state index in [1.54, 1.807) is 5.38 Å². The average molecular weight is 431 g/mol. The number of ether oxygens (including phenoxy) is 1. The molecule has 1 aromatic carbocycles. The minimum Gasteiger partial charge on any atom is -0.455 e. The van der Waals surface area contributed by atoms with Crippen molar-refractivity contribution in [1.29, 1.82) is 0 Å². The van der Waals surface area contributed by atoms with Crippen LogP contribution in [0, 0.1) is 6.92 Å². The number of thiazole rings is 2. The molecular weight excluding hydrogens is 412 g/mol. The van der Waals surface area contributed by atoms with Gasteiger partial charge < -0.3 is 4.74 Å². The highest BCUT2D eigenvalue weighted by molar-refractivity contribution is 7.13. The van der Waals surface area contributed by atoms with Gasteiger partial charge in [-0.15, -0.1) is 22.7 Å². The molecule has 2 heterocycles. The summed E-state index contributed by atoms with van der Waals surface area (Å²) in [5.74, 6) is -1.62. The third-order valence-corrected chi connectivity index (χ3v) is 5.49. The molecule has 0 saturated carbocycles. The second-order valence-electron chi connectivity index (χ2n) is 6.00. The molecule has 10 heteroatoms. The van der Waals surface area contributed by atoms with E-state index in [9.17, 15) is 14.4 Å². The number of esters is 1. The number of carbonyl (C=O) groups excluding carboxylic acids is 3. The monoisotopic (exact) mass is 430 g/mol. The highest BCUT2D eigenvalue weighted by Gasteiger charge is 2.13. The second-order valence-corrected chi connectivity index (χ2v) is 7.80. The summed E-state index contributed by atoms with van der Waals surface area (Å²) in [7, 11) is 0. The molecule has 0 fully saturated rings. The van der Waals surface area contributed by atoms with Crippen molar-refractivity contribution in [2.24, 2.45) is 0 Å². The van der Waals surface area contributed by atoms with E-state index < -0.39 is 24.4 Å². The van der Waals surface area contributed by atoms with Gasteiger partial charge in [0.1, 0.15) is 10.0 Å². The van der Waals surface area contributed by atoms with Crippen LogP contribution in [0.1, 0.15) is 16.4 Å². The Hall–Kier alpha value is -3.11. The van der Waals surface area contributed by atoms with Crippen LogP contribution in [0.15, 0.2) is 41.1 Å². The Morgan fingerprint density at radius 1 is 0.966 bits per heavy atom. The first-order valence-electron chi connectivity index (χ1n) is 8.64. The van der Waals surface area contributed by atoms with Crippen molar-refractivity contribution in [3.63, 3.8) is 0 Å². The number of hydrazine groups is 1. The van der Waals surface area contributed by atoms with E-state index in [1.807, 2.05) is 42.6 Å². The predicted molar refractivity (Wildman–Crippen MR) is 109 cm³/mol. The lowest BCUT2D eigenvalue weighted by Crippen LogP contribution is -2.44. The van der Waals surface area contributed by atoms with Gasteiger partial charge in [-0.3, -0.25) is 25.2 Å². The SMILES string of the molecule is Cc1csc(CC(=O)NNC(=O)COC(=O)Cc2csc(-c3ccccc3)n2)n1. The molecule has 3 aromatic rings. The van der Waals surface area contributed by atoms with Crippen LogP contribution < -0.4 is 10.9 Å². The van der Waals surface area contributed by atoms with Crippen LogP contribution in [-0.2, 0) is 32.0 Å². The Labute approximate surface area is 174 Å². The van der Waals surface area contributed by atoms with Gasteiger partial charge in [0.05, 0.1) is 18.5 Å². The first-order chi connectivity index (χ1) is 14.0. The Kier molecular flexibility index (Phi) is 7.04. The quantitative estimate of drug-likeness (QED) is 0.439. The van der Waals surface area contributed by atoms with Gasteiger partial charge in [0.2, 0.25) is 5.91 Å². The van der Waals surface area contributed by atoms with Crippen molar-refractivity contribution in [3.8, 4) is 10.6 Å². The number of nitrogens with one attached hydrogen (secondary N) is 2. The van der Waals surface area contributed by atoms with E-state index in [0.717, 1.165) is 16.3 Å². The van der Waals surface area contributed by atoms with Crippen molar-refractivity contribution in [3.05, 3.63) is 57.5 Å². The zero-order chi connectivity index (χ0) is 20.6. The highest BCUT2D eigenvalue weighted by Crippen LogP contribution is 2.23. The van der Waals surface area contributed by atoms with Crippen LogP contribution in [-0.4, -0.2) is 34.4 Å². The van der Waals surface area contributed by atoms with Gasteiger partial charge in [-0.2, -0.15) is 0 Å². The Morgan fingerprint density at radius 2 is 1.72 bits per heavy atom. The number of rotatable bonds is 7. The summed E-state index contributed by atoms with van der Waals surface area (Å²) >= 11 is 2.80. The van der Waals surface area contributed by atoms with Crippen molar-refractivity contribution in [2.45, 2.75) is 19.8 Å². The molecule has 0 aliphatic carbocycles. The maximum Gasteiger partial charge on any atom is 0.312 e. The Bertz CT molecular complexity index is 1000. The third kappa shape index (κ3) is 6.47. The fourth-order valence-corrected chi connectivity index (χ4v) is 3.88. The molecule has 0 saturated heterocycles. The summed E-state index contributed by atoms with van der Waals surface area (Å²) in [5, 5.41) is 5.08. The van der Waals surface area contributed by atoms with E-state index in [1.165, 1.54) is 22.7 Å². The molecular formula is C19H18N4O4S2. The standard InChI is InChI=1S/C19H18N4O4S2/c1-12-10-28-17(20-12)8-15(24)22-23-16(25)9-27-18(26)7-14-11-29-19(21-14)13-5-3-2-4-6-13/h2-6,10-11H,7-9H2,1H3,(H,22,24)(H,23,25). The Balaban J connectivity index is 1.37. The maximum atomic E-state index is 11.9. The van der Waals surface area contributed by atoms with Crippen LogP contribution in [0.2, 0.25) is 0 Å². The van der Waals surface area contributed by atoms with Crippen molar-refractivity contribution < 1.29 is 19.1 Å². The van der Waals surface area contributed by atoms with E-state index >= 15 is 0 Å². The van der Waals surface area contributed by atoms with E-state index in [0.29, 0.717) is 10.7 Å². The van der Waals surface area contributed by atoms with Crippen LogP contribution in [0.5, 0.6) is 0 Å². The highest BCUT2D eigenvalue weighted by atomic mass is 32.1. The largest absolute Gasteiger partial charge is 0.455 e. The normalized spacial score (nSPS) is 10.4. The predicted octanol–water partition coefficient (Wildman–Crippen LogP) is 2.05. The molecule has 29 heavy (non-hydrogen) atoms. The number of carbonyl (C=O) groups is 3. The minimum absolute atomic E-state index is 0.0353. The molecule has 2 aromatic heterocycles. The van der Waals surface area contributed by atoms with Gasteiger partial charge in [0, 0.05) is 22.0 Å². The van der Waals surface area contributed by atoms with Crippen LogP contribution in [0.4, 0.5) is 0 Å². The van der Waals surface area contributed by atoms with E-state index in [2.05, 4.69) is 20.8 Å². The summed E-state index contributed by atoms with van der Waals surface area (Å²) in [4.78, 5) is 44.0. The molecule has 0 radical (unpaired) electrons. The Morgan fingerprint density at radius 3 is 2.45 bits per heavy atom.